The third kappa shape index (κ3) is 7.12. The fraction of sp³-hybridized carbons (Fsp3) is 0.409. The summed E-state index contributed by atoms with van der Waals surface area (Å²) < 4.78 is 16.5. The van der Waals surface area contributed by atoms with E-state index in [1.54, 1.807) is 14.2 Å². The van der Waals surface area contributed by atoms with Crippen molar-refractivity contribution in [3.8, 4) is 11.5 Å². The largest absolute Gasteiger partial charge is 0.493 e. The summed E-state index contributed by atoms with van der Waals surface area (Å²) in [7, 11) is 3.34. The second-order valence-electron chi connectivity index (χ2n) is 6.41. The Hall–Kier alpha value is -2.73. The molecule has 2 aromatic rings. The highest BCUT2D eigenvalue weighted by Crippen LogP contribution is 2.26. The van der Waals surface area contributed by atoms with Gasteiger partial charge in [0.1, 0.15) is 6.10 Å². The fourth-order valence-electron chi connectivity index (χ4n) is 2.71. The van der Waals surface area contributed by atoms with Crippen LogP contribution in [0.25, 0.3) is 0 Å². The van der Waals surface area contributed by atoms with Crippen LogP contribution in [0.15, 0.2) is 53.5 Å². The molecule has 0 radical (unpaired) electrons. The highest BCUT2D eigenvalue weighted by atomic mass is 16.5. The van der Waals surface area contributed by atoms with Gasteiger partial charge < -0.3 is 24.8 Å². The van der Waals surface area contributed by atoms with Crippen molar-refractivity contribution in [3.05, 3.63) is 59.7 Å². The first kappa shape index (κ1) is 21.6. The molecule has 1 atom stereocenters. The van der Waals surface area contributed by atoms with Gasteiger partial charge >= 0.3 is 0 Å². The zero-order valence-corrected chi connectivity index (χ0v) is 17.2. The number of nitrogens with one attached hydrogen (secondary N) is 2. The van der Waals surface area contributed by atoms with E-state index in [1.165, 1.54) is 0 Å². The summed E-state index contributed by atoms with van der Waals surface area (Å²) in [4.78, 5) is 4.67. The van der Waals surface area contributed by atoms with Gasteiger partial charge in [-0.25, -0.2) is 4.99 Å². The number of nitrogens with zero attached hydrogens (tertiary/aromatic N) is 1. The van der Waals surface area contributed by atoms with Crippen molar-refractivity contribution >= 4 is 5.96 Å². The maximum atomic E-state index is 5.99. The smallest absolute Gasteiger partial charge is 0.191 e. The summed E-state index contributed by atoms with van der Waals surface area (Å²) in [5.41, 5.74) is 2.29. The number of benzene rings is 2. The minimum Gasteiger partial charge on any atom is -0.493 e. The molecule has 2 aromatic carbocycles. The number of para-hydroxylation sites is 2. The highest BCUT2D eigenvalue weighted by molar-refractivity contribution is 5.79. The Morgan fingerprint density at radius 3 is 2.46 bits per heavy atom. The van der Waals surface area contributed by atoms with Crippen LogP contribution in [0, 0.1) is 0 Å². The summed E-state index contributed by atoms with van der Waals surface area (Å²) in [6.07, 6.45) is -0.0508. The number of methoxy groups -OCH3 is 2. The van der Waals surface area contributed by atoms with Crippen molar-refractivity contribution in [3.63, 3.8) is 0 Å². The molecule has 0 aliphatic carbocycles. The van der Waals surface area contributed by atoms with Crippen LogP contribution in [0.5, 0.6) is 11.5 Å². The summed E-state index contributed by atoms with van der Waals surface area (Å²) in [5, 5.41) is 6.60. The van der Waals surface area contributed by atoms with Crippen LogP contribution < -0.4 is 20.1 Å². The van der Waals surface area contributed by atoms with Crippen LogP contribution in [-0.2, 0) is 17.9 Å². The van der Waals surface area contributed by atoms with E-state index in [9.17, 15) is 0 Å². The number of guanidine groups is 1. The third-order valence-corrected chi connectivity index (χ3v) is 4.02. The predicted octanol–water partition coefficient (Wildman–Crippen LogP) is 3.36. The van der Waals surface area contributed by atoms with E-state index < -0.39 is 0 Å². The van der Waals surface area contributed by atoms with Crippen LogP contribution in [0.3, 0.4) is 0 Å². The van der Waals surface area contributed by atoms with Gasteiger partial charge in [-0.2, -0.15) is 0 Å². The normalized spacial score (nSPS) is 12.4. The summed E-state index contributed by atoms with van der Waals surface area (Å²) in [6, 6.07) is 15.9. The Balaban J connectivity index is 1.92. The van der Waals surface area contributed by atoms with Crippen LogP contribution in [0.1, 0.15) is 25.0 Å². The number of hydrogen-bond donors (Lipinski definition) is 2. The summed E-state index contributed by atoms with van der Waals surface area (Å²) in [5.74, 6) is 2.22. The minimum atomic E-state index is -0.0508. The maximum Gasteiger partial charge on any atom is 0.191 e. The van der Waals surface area contributed by atoms with Crippen molar-refractivity contribution in [2.24, 2.45) is 4.99 Å². The van der Waals surface area contributed by atoms with Crippen LogP contribution in [-0.4, -0.2) is 39.4 Å². The van der Waals surface area contributed by atoms with E-state index in [0.29, 0.717) is 19.7 Å². The van der Waals surface area contributed by atoms with Crippen molar-refractivity contribution in [2.75, 3.05) is 27.3 Å². The minimum absolute atomic E-state index is 0.0508. The Kier molecular flexibility index (Phi) is 9.15. The first-order valence-corrected chi connectivity index (χ1v) is 9.54. The molecule has 1 unspecified atom stereocenters. The van der Waals surface area contributed by atoms with Crippen molar-refractivity contribution in [1.82, 2.24) is 10.6 Å². The lowest BCUT2D eigenvalue weighted by Gasteiger charge is -2.19. The zero-order valence-electron chi connectivity index (χ0n) is 17.2. The molecule has 0 aromatic heterocycles. The molecule has 6 nitrogen and oxygen atoms in total. The highest BCUT2D eigenvalue weighted by Gasteiger charge is 2.09. The molecular formula is C22H31N3O3. The van der Waals surface area contributed by atoms with Gasteiger partial charge in [0.25, 0.3) is 0 Å². The third-order valence-electron chi connectivity index (χ3n) is 4.02. The fourth-order valence-corrected chi connectivity index (χ4v) is 2.71. The first-order chi connectivity index (χ1) is 13.7. The predicted molar refractivity (Wildman–Crippen MR) is 113 cm³/mol. The summed E-state index contributed by atoms with van der Waals surface area (Å²) >= 11 is 0. The Morgan fingerprint density at radius 1 is 1.00 bits per heavy atom. The molecular weight excluding hydrogens is 354 g/mol. The average Bonchev–Trinajstić information content (AvgIpc) is 2.71. The molecule has 0 aliphatic rings. The van der Waals surface area contributed by atoms with E-state index in [1.807, 2.05) is 44.2 Å². The van der Waals surface area contributed by atoms with E-state index in [-0.39, 0.29) is 6.10 Å². The van der Waals surface area contributed by atoms with Crippen LogP contribution >= 0.6 is 0 Å². The molecule has 0 aliphatic heterocycles. The molecule has 152 valence electrons. The van der Waals surface area contributed by atoms with Gasteiger partial charge in [-0.15, -0.1) is 0 Å². The average molecular weight is 386 g/mol. The lowest BCUT2D eigenvalue weighted by molar-refractivity contribution is 0.185. The lowest BCUT2D eigenvalue weighted by atomic mass is 10.1. The second-order valence-corrected chi connectivity index (χ2v) is 6.41. The van der Waals surface area contributed by atoms with Gasteiger partial charge in [0.2, 0.25) is 0 Å². The SMILES string of the molecule is CCNC(=NCc1cccc(COC)c1)NCC(C)Oc1ccccc1OC. The molecule has 28 heavy (non-hydrogen) atoms. The van der Waals surface area contributed by atoms with E-state index >= 15 is 0 Å². The second kappa shape index (κ2) is 11.9. The van der Waals surface area contributed by atoms with E-state index in [4.69, 9.17) is 14.2 Å². The number of hydrogen-bond acceptors (Lipinski definition) is 4. The van der Waals surface area contributed by atoms with Crippen LogP contribution in [0.2, 0.25) is 0 Å². The Bertz CT molecular complexity index is 749. The number of rotatable bonds is 10. The Labute approximate surface area is 167 Å². The number of ether oxygens (including phenoxy) is 3. The molecule has 2 N–H and O–H groups in total. The quantitative estimate of drug-likeness (QED) is 0.485. The molecule has 0 bridgehead atoms. The lowest BCUT2D eigenvalue weighted by Crippen LogP contribution is -2.41. The maximum absolute atomic E-state index is 5.99. The van der Waals surface area contributed by atoms with Gasteiger partial charge in [-0.05, 0) is 37.1 Å². The first-order valence-electron chi connectivity index (χ1n) is 9.54. The van der Waals surface area contributed by atoms with E-state index in [0.717, 1.165) is 35.1 Å². The Morgan fingerprint density at radius 2 is 1.75 bits per heavy atom. The van der Waals surface area contributed by atoms with Gasteiger partial charge in [0.15, 0.2) is 17.5 Å². The van der Waals surface area contributed by atoms with Crippen LogP contribution in [0.4, 0.5) is 0 Å². The molecule has 0 amide bonds. The van der Waals surface area contributed by atoms with E-state index in [2.05, 4.69) is 33.8 Å². The molecule has 0 spiro atoms. The number of aliphatic imine (C=N–C) groups is 1. The van der Waals surface area contributed by atoms with Crippen molar-refractivity contribution < 1.29 is 14.2 Å². The standard InChI is InChI=1S/C22H31N3O3/c1-5-23-22(25-15-18-9-8-10-19(13-18)16-26-3)24-14-17(2)28-21-12-7-6-11-20(21)27-4/h6-13,17H,5,14-16H2,1-4H3,(H2,23,24,25). The van der Waals surface area contributed by atoms with Gasteiger partial charge in [0, 0.05) is 13.7 Å². The zero-order chi connectivity index (χ0) is 20.2. The molecule has 0 fully saturated rings. The van der Waals surface area contributed by atoms with Crippen molar-refractivity contribution in [2.45, 2.75) is 33.1 Å². The monoisotopic (exact) mass is 385 g/mol. The molecule has 2 rings (SSSR count). The molecule has 6 heteroatoms. The molecule has 0 saturated carbocycles. The molecule has 0 heterocycles. The van der Waals surface area contributed by atoms with Gasteiger partial charge in [-0.3, -0.25) is 0 Å². The summed E-state index contributed by atoms with van der Waals surface area (Å²) in [6.45, 7) is 6.66. The van der Waals surface area contributed by atoms with Gasteiger partial charge in [0.05, 0.1) is 26.8 Å². The van der Waals surface area contributed by atoms with Gasteiger partial charge in [-0.1, -0.05) is 36.4 Å². The molecule has 0 saturated heterocycles. The topological polar surface area (TPSA) is 64.1 Å². The van der Waals surface area contributed by atoms with Crippen molar-refractivity contribution in [1.29, 1.82) is 0 Å².